The van der Waals surface area contributed by atoms with Crippen molar-refractivity contribution < 1.29 is 23.8 Å². The first-order valence-electron chi connectivity index (χ1n) is 14.0. The second-order valence-electron chi connectivity index (χ2n) is 10.2. The minimum Gasteiger partial charge on any atom is -0.497 e. The Morgan fingerprint density at radius 2 is 1.81 bits per heavy atom. The van der Waals surface area contributed by atoms with Crippen LogP contribution >= 0.6 is 11.8 Å². The molecule has 2 heterocycles. The Kier molecular flexibility index (Phi) is 9.37. The first-order valence-corrected chi connectivity index (χ1v) is 15.1. The highest BCUT2D eigenvalue weighted by atomic mass is 32.2. The summed E-state index contributed by atoms with van der Waals surface area (Å²) in [5.74, 6) is 1.56. The predicted octanol–water partition coefficient (Wildman–Crippen LogP) is 5.11. The minimum absolute atomic E-state index is 0.145. The van der Waals surface area contributed by atoms with Gasteiger partial charge < -0.3 is 19.5 Å². The highest BCUT2D eigenvalue weighted by Gasteiger charge is 2.39. The van der Waals surface area contributed by atoms with Gasteiger partial charge in [0.2, 0.25) is 11.8 Å². The number of thioether (sulfide) groups is 1. The zero-order chi connectivity index (χ0) is 30.5. The van der Waals surface area contributed by atoms with Crippen molar-refractivity contribution in [2.75, 3.05) is 51.7 Å². The number of carbonyl (C=O) groups is 2. The number of anilines is 1. The summed E-state index contributed by atoms with van der Waals surface area (Å²) in [6, 6.07) is 21.6. The van der Waals surface area contributed by atoms with E-state index in [1.165, 1.54) is 11.8 Å². The molecule has 2 amide bonds. The number of nitrogens with zero attached hydrogens (tertiary/aromatic N) is 3. The molecular formula is C33H36N4O5S. The molecular weight excluding hydrogens is 564 g/mol. The van der Waals surface area contributed by atoms with Crippen LogP contribution in [0.2, 0.25) is 0 Å². The summed E-state index contributed by atoms with van der Waals surface area (Å²) in [6.07, 6.45) is 0. The lowest BCUT2D eigenvalue weighted by atomic mass is 9.98. The molecule has 0 fully saturated rings. The van der Waals surface area contributed by atoms with Gasteiger partial charge in [-0.15, -0.1) is 11.8 Å². The van der Waals surface area contributed by atoms with Crippen molar-refractivity contribution in [2.45, 2.75) is 19.1 Å². The maximum atomic E-state index is 14.0. The second kappa shape index (κ2) is 13.4. The summed E-state index contributed by atoms with van der Waals surface area (Å²) in [4.78, 5) is 28.8. The van der Waals surface area contributed by atoms with Gasteiger partial charge in [0.25, 0.3) is 0 Å². The quantitative estimate of drug-likeness (QED) is 0.253. The van der Waals surface area contributed by atoms with Gasteiger partial charge in [-0.1, -0.05) is 42.5 Å². The smallest absolute Gasteiger partial charge is 0.240 e. The fraction of sp³-hybridized carbons (Fsp3) is 0.303. The number of aromatic nitrogens is 2. The monoisotopic (exact) mass is 600 g/mol. The van der Waals surface area contributed by atoms with E-state index >= 15 is 0 Å². The van der Waals surface area contributed by atoms with E-state index in [2.05, 4.69) is 5.32 Å². The minimum atomic E-state index is -0.361. The van der Waals surface area contributed by atoms with E-state index in [0.29, 0.717) is 30.5 Å². The summed E-state index contributed by atoms with van der Waals surface area (Å²) in [5, 5.41) is 7.71. The van der Waals surface area contributed by atoms with Gasteiger partial charge in [0, 0.05) is 30.3 Å². The van der Waals surface area contributed by atoms with Crippen LogP contribution in [0.1, 0.15) is 27.5 Å². The van der Waals surface area contributed by atoms with E-state index in [0.717, 1.165) is 39.2 Å². The van der Waals surface area contributed by atoms with Crippen molar-refractivity contribution in [2.24, 2.45) is 0 Å². The van der Waals surface area contributed by atoms with E-state index in [1.807, 2.05) is 85.3 Å². The number of amides is 2. The molecule has 0 radical (unpaired) electrons. The molecule has 10 heteroatoms. The van der Waals surface area contributed by atoms with Crippen LogP contribution in [0.15, 0.2) is 66.7 Å². The number of benzene rings is 3. The summed E-state index contributed by atoms with van der Waals surface area (Å²) in [7, 11) is 4.83. The number of methoxy groups -OCH3 is 3. The molecule has 1 atom stereocenters. The number of aryl methyl sites for hydroxylation is 1. The van der Waals surface area contributed by atoms with Crippen LogP contribution < -0.4 is 19.7 Å². The van der Waals surface area contributed by atoms with E-state index in [-0.39, 0.29) is 29.4 Å². The van der Waals surface area contributed by atoms with Gasteiger partial charge in [-0.05, 0) is 49.2 Å². The Labute approximate surface area is 256 Å². The average Bonchev–Trinajstić information content (AvgIpc) is 3.35. The Morgan fingerprint density at radius 3 is 2.53 bits per heavy atom. The standard InChI is InChI=1S/C33H36N4O5S/c1-21-10-9-13-26(22(21)2)37-33-30(31(35-37)23-11-7-6-8-12-23)32(25-18-24(41-4)14-15-27(25)42-5)43-20-29(39)36(33)19-28(38)34-16-17-40-3/h6-15,18,32H,16-17,19-20H2,1-5H3,(H,34,38)/t32-/m1/s1. The molecule has 0 saturated carbocycles. The zero-order valence-corrected chi connectivity index (χ0v) is 25.9. The molecule has 1 aliphatic heterocycles. The SMILES string of the molecule is COCCNC(=O)CN1C(=O)CS[C@H](c2cc(OC)ccc2OC)c2c(-c3ccccc3)nn(-c3cccc(C)c3C)c21. The number of carbonyl (C=O) groups excluding carboxylic acids is 2. The molecule has 9 nitrogen and oxygen atoms in total. The van der Waals surface area contributed by atoms with E-state index < -0.39 is 0 Å². The third-order valence-electron chi connectivity index (χ3n) is 7.59. The van der Waals surface area contributed by atoms with Gasteiger partial charge in [0.15, 0.2) is 0 Å². The molecule has 4 aromatic rings. The Balaban J connectivity index is 1.82. The summed E-state index contributed by atoms with van der Waals surface area (Å²) < 4.78 is 18.4. The van der Waals surface area contributed by atoms with Gasteiger partial charge in [-0.3, -0.25) is 14.5 Å². The van der Waals surface area contributed by atoms with Gasteiger partial charge in [-0.25, -0.2) is 4.68 Å². The lowest BCUT2D eigenvalue weighted by Gasteiger charge is -2.24. The number of hydrogen-bond acceptors (Lipinski definition) is 7. The highest BCUT2D eigenvalue weighted by Crippen LogP contribution is 2.51. The highest BCUT2D eigenvalue weighted by molar-refractivity contribution is 8.00. The van der Waals surface area contributed by atoms with Crippen LogP contribution in [0.3, 0.4) is 0 Å². The molecule has 3 aromatic carbocycles. The lowest BCUT2D eigenvalue weighted by Crippen LogP contribution is -2.43. The van der Waals surface area contributed by atoms with Crippen molar-refractivity contribution in [1.29, 1.82) is 0 Å². The molecule has 0 bridgehead atoms. The van der Waals surface area contributed by atoms with Gasteiger partial charge in [-0.2, -0.15) is 5.10 Å². The van der Waals surface area contributed by atoms with Gasteiger partial charge in [0.1, 0.15) is 23.9 Å². The normalized spacial score (nSPS) is 14.7. The number of hydrogen-bond donors (Lipinski definition) is 1. The van der Waals surface area contributed by atoms with Crippen LogP contribution in [-0.4, -0.2) is 68.4 Å². The predicted molar refractivity (Wildman–Crippen MR) is 170 cm³/mol. The first kappa shape index (κ1) is 30.2. The van der Waals surface area contributed by atoms with Gasteiger partial charge in [0.05, 0.1) is 43.2 Å². The van der Waals surface area contributed by atoms with Crippen molar-refractivity contribution in [3.63, 3.8) is 0 Å². The topological polar surface area (TPSA) is 94.9 Å². The fourth-order valence-electron chi connectivity index (χ4n) is 5.24. The van der Waals surface area contributed by atoms with E-state index in [9.17, 15) is 9.59 Å². The number of fused-ring (bicyclic) bond motifs is 1. The van der Waals surface area contributed by atoms with Crippen LogP contribution in [0, 0.1) is 13.8 Å². The summed E-state index contributed by atoms with van der Waals surface area (Å²) in [6.45, 7) is 4.64. The molecule has 0 spiro atoms. The zero-order valence-electron chi connectivity index (χ0n) is 25.0. The van der Waals surface area contributed by atoms with Crippen LogP contribution in [0.4, 0.5) is 5.82 Å². The number of rotatable bonds is 10. The Hall–Kier alpha value is -4.28. The second-order valence-corrected chi connectivity index (χ2v) is 11.3. The largest absolute Gasteiger partial charge is 0.497 e. The molecule has 43 heavy (non-hydrogen) atoms. The molecule has 224 valence electrons. The van der Waals surface area contributed by atoms with Crippen LogP contribution in [0.5, 0.6) is 11.5 Å². The van der Waals surface area contributed by atoms with Crippen molar-refractivity contribution in [3.8, 4) is 28.4 Å². The summed E-state index contributed by atoms with van der Waals surface area (Å²) >= 11 is 1.48. The molecule has 1 N–H and O–H groups in total. The van der Waals surface area contributed by atoms with Crippen molar-refractivity contribution in [3.05, 3.63) is 89.0 Å². The fourth-order valence-corrected chi connectivity index (χ4v) is 6.46. The molecule has 5 rings (SSSR count). The lowest BCUT2D eigenvalue weighted by molar-refractivity contribution is -0.123. The molecule has 0 unspecified atom stereocenters. The Morgan fingerprint density at radius 1 is 1.02 bits per heavy atom. The first-order chi connectivity index (χ1) is 20.9. The summed E-state index contributed by atoms with van der Waals surface area (Å²) in [5.41, 5.74) is 6.24. The van der Waals surface area contributed by atoms with E-state index in [1.54, 1.807) is 26.2 Å². The maximum Gasteiger partial charge on any atom is 0.240 e. The molecule has 0 saturated heterocycles. The Bertz CT molecular complexity index is 1620. The average molecular weight is 601 g/mol. The van der Waals surface area contributed by atoms with Crippen LogP contribution in [-0.2, 0) is 14.3 Å². The molecule has 1 aromatic heterocycles. The molecule has 1 aliphatic rings. The van der Waals surface area contributed by atoms with E-state index in [4.69, 9.17) is 19.3 Å². The third-order valence-corrected chi connectivity index (χ3v) is 8.83. The van der Waals surface area contributed by atoms with Crippen molar-refractivity contribution in [1.82, 2.24) is 15.1 Å². The maximum absolute atomic E-state index is 14.0. The number of nitrogens with one attached hydrogen (secondary N) is 1. The van der Waals surface area contributed by atoms with Crippen LogP contribution in [0.25, 0.3) is 16.9 Å². The molecule has 0 aliphatic carbocycles. The van der Waals surface area contributed by atoms with Gasteiger partial charge >= 0.3 is 0 Å². The number of ether oxygens (including phenoxy) is 3. The van der Waals surface area contributed by atoms with Crippen molar-refractivity contribution >= 4 is 29.4 Å². The third kappa shape index (κ3) is 6.11.